The molecule has 5 heteroatoms. The quantitative estimate of drug-likeness (QED) is 0.901. The van der Waals surface area contributed by atoms with Gasteiger partial charge in [0.2, 0.25) is 0 Å². The number of aryl methyl sites for hydroxylation is 1. The minimum Gasteiger partial charge on any atom is -0.481 e. The van der Waals surface area contributed by atoms with E-state index >= 15 is 0 Å². The third kappa shape index (κ3) is 3.51. The number of aliphatic carboxylic acids is 1. The van der Waals surface area contributed by atoms with Gasteiger partial charge in [-0.1, -0.05) is 24.4 Å². The summed E-state index contributed by atoms with van der Waals surface area (Å²) in [5.41, 5.74) is 1.38. The van der Waals surface area contributed by atoms with Gasteiger partial charge in [0.15, 0.2) is 0 Å². The molecule has 2 rings (SSSR count). The highest BCUT2D eigenvalue weighted by atomic mass is 35.5. The first-order valence-electron chi connectivity index (χ1n) is 6.78. The molecular weight excluding hydrogens is 278 g/mol. The molecule has 0 aromatic heterocycles. The van der Waals surface area contributed by atoms with Crippen molar-refractivity contribution in [1.29, 1.82) is 0 Å². The smallest absolute Gasteiger partial charge is 0.308 e. The Morgan fingerprint density at radius 1 is 1.25 bits per heavy atom. The Balaban J connectivity index is 2.11. The highest BCUT2D eigenvalue weighted by molar-refractivity contribution is 6.31. The molecule has 1 aromatic carbocycles. The molecule has 1 amide bonds. The second kappa shape index (κ2) is 6.27. The van der Waals surface area contributed by atoms with Crippen LogP contribution in [0, 0.1) is 12.8 Å². The number of amides is 1. The van der Waals surface area contributed by atoms with Crippen molar-refractivity contribution in [3.8, 4) is 0 Å². The maximum absolute atomic E-state index is 12.2. The lowest BCUT2D eigenvalue weighted by atomic mass is 9.84. The number of carbonyl (C=O) groups is 2. The number of carboxylic acid groups (broad SMARTS) is 1. The number of carbonyl (C=O) groups excluding carboxylic acids is 1. The number of carboxylic acids is 1. The van der Waals surface area contributed by atoms with Gasteiger partial charge in [0.05, 0.1) is 5.92 Å². The van der Waals surface area contributed by atoms with E-state index in [1.165, 1.54) is 0 Å². The van der Waals surface area contributed by atoms with Crippen LogP contribution in [-0.2, 0) is 4.79 Å². The van der Waals surface area contributed by atoms with Gasteiger partial charge in [-0.25, -0.2) is 0 Å². The van der Waals surface area contributed by atoms with Crippen molar-refractivity contribution in [3.05, 3.63) is 34.3 Å². The predicted octanol–water partition coefficient (Wildman–Crippen LogP) is 3.02. The standard InChI is InChI=1S/C15H18ClNO3/c1-9-6-10(8-11(16)7-9)14(18)17-13-5-3-2-4-12(13)15(19)20/h6-8,12-13H,2-5H2,1H3,(H,17,18)(H,19,20). The molecule has 4 nitrogen and oxygen atoms in total. The summed E-state index contributed by atoms with van der Waals surface area (Å²) in [4.78, 5) is 23.4. The van der Waals surface area contributed by atoms with E-state index in [0.717, 1.165) is 18.4 Å². The molecule has 2 atom stereocenters. The van der Waals surface area contributed by atoms with Crippen molar-refractivity contribution in [1.82, 2.24) is 5.32 Å². The molecular formula is C15H18ClNO3. The lowest BCUT2D eigenvalue weighted by Gasteiger charge is -2.29. The first-order chi connectivity index (χ1) is 9.47. The monoisotopic (exact) mass is 295 g/mol. The Hall–Kier alpha value is -1.55. The average Bonchev–Trinajstić information content (AvgIpc) is 2.37. The van der Waals surface area contributed by atoms with Gasteiger partial charge >= 0.3 is 5.97 Å². The molecule has 2 unspecified atom stereocenters. The number of hydrogen-bond donors (Lipinski definition) is 2. The molecule has 0 radical (unpaired) electrons. The Labute approximate surface area is 123 Å². The lowest BCUT2D eigenvalue weighted by molar-refractivity contribution is -0.143. The molecule has 0 spiro atoms. The minimum absolute atomic E-state index is 0.256. The average molecular weight is 296 g/mol. The Bertz CT molecular complexity index is 510. The first-order valence-corrected chi connectivity index (χ1v) is 7.16. The highest BCUT2D eigenvalue weighted by Gasteiger charge is 2.31. The molecule has 1 fully saturated rings. The van der Waals surface area contributed by atoms with Crippen LogP contribution in [0.5, 0.6) is 0 Å². The van der Waals surface area contributed by atoms with E-state index in [0.29, 0.717) is 23.4 Å². The van der Waals surface area contributed by atoms with Crippen molar-refractivity contribution in [2.45, 2.75) is 38.6 Å². The zero-order chi connectivity index (χ0) is 14.7. The molecule has 108 valence electrons. The van der Waals surface area contributed by atoms with E-state index in [1.54, 1.807) is 18.2 Å². The summed E-state index contributed by atoms with van der Waals surface area (Å²) in [6, 6.07) is 4.83. The zero-order valence-corrected chi connectivity index (χ0v) is 12.1. The molecule has 1 aliphatic rings. The fraction of sp³-hybridized carbons (Fsp3) is 0.467. The van der Waals surface area contributed by atoms with Crippen LogP contribution in [0.1, 0.15) is 41.6 Å². The van der Waals surface area contributed by atoms with Crippen LogP contribution >= 0.6 is 11.6 Å². The van der Waals surface area contributed by atoms with Crippen LogP contribution < -0.4 is 5.32 Å². The van der Waals surface area contributed by atoms with Crippen LogP contribution in [-0.4, -0.2) is 23.0 Å². The number of hydrogen-bond acceptors (Lipinski definition) is 2. The highest BCUT2D eigenvalue weighted by Crippen LogP contribution is 2.25. The van der Waals surface area contributed by atoms with Gasteiger partial charge in [0.25, 0.3) is 5.91 Å². The van der Waals surface area contributed by atoms with E-state index in [4.69, 9.17) is 11.6 Å². The molecule has 1 aromatic rings. The third-order valence-corrected chi connectivity index (χ3v) is 3.92. The summed E-state index contributed by atoms with van der Waals surface area (Å²) in [5.74, 6) is -1.58. The minimum atomic E-state index is -0.836. The third-order valence-electron chi connectivity index (χ3n) is 3.70. The molecule has 0 saturated heterocycles. The number of nitrogens with one attached hydrogen (secondary N) is 1. The SMILES string of the molecule is Cc1cc(Cl)cc(C(=O)NC2CCCCC2C(=O)O)c1. The largest absolute Gasteiger partial charge is 0.481 e. The maximum Gasteiger partial charge on any atom is 0.308 e. The van der Waals surface area contributed by atoms with E-state index in [2.05, 4.69) is 5.32 Å². The molecule has 1 saturated carbocycles. The summed E-state index contributed by atoms with van der Waals surface area (Å²) in [5, 5.41) is 12.6. The van der Waals surface area contributed by atoms with Crippen LogP contribution in [0.2, 0.25) is 5.02 Å². The van der Waals surface area contributed by atoms with Crippen molar-refractivity contribution in [3.63, 3.8) is 0 Å². The van der Waals surface area contributed by atoms with E-state index in [9.17, 15) is 14.7 Å². The second-order valence-electron chi connectivity index (χ2n) is 5.33. The summed E-state index contributed by atoms with van der Waals surface area (Å²) in [7, 11) is 0. The molecule has 0 aliphatic heterocycles. The van der Waals surface area contributed by atoms with Crippen molar-refractivity contribution < 1.29 is 14.7 Å². The van der Waals surface area contributed by atoms with E-state index < -0.39 is 11.9 Å². The second-order valence-corrected chi connectivity index (χ2v) is 5.76. The molecule has 20 heavy (non-hydrogen) atoms. The van der Waals surface area contributed by atoms with Crippen molar-refractivity contribution in [2.24, 2.45) is 5.92 Å². The van der Waals surface area contributed by atoms with Gasteiger partial charge in [0.1, 0.15) is 0 Å². The molecule has 0 bridgehead atoms. The number of rotatable bonds is 3. The van der Waals surface area contributed by atoms with Gasteiger partial charge in [-0.3, -0.25) is 9.59 Å². The predicted molar refractivity (Wildman–Crippen MR) is 77.0 cm³/mol. The van der Waals surface area contributed by atoms with Crippen LogP contribution in [0.3, 0.4) is 0 Å². The Morgan fingerprint density at radius 2 is 1.95 bits per heavy atom. The van der Waals surface area contributed by atoms with Gasteiger partial charge in [-0.2, -0.15) is 0 Å². The molecule has 0 heterocycles. The number of halogens is 1. The fourth-order valence-corrected chi connectivity index (χ4v) is 3.01. The van der Waals surface area contributed by atoms with Gasteiger partial charge < -0.3 is 10.4 Å². The van der Waals surface area contributed by atoms with E-state index in [-0.39, 0.29) is 11.9 Å². The lowest BCUT2D eigenvalue weighted by Crippen LogP contribution is -2.45. The Kier molecular flexibility index (Phi) is 4.65. The van der Waals surface area contributed by atoms with E-state index in [1.807, 2.05) is 6.92 Å². The van der Waals surface area contributed by atoms with Crippen LogP contribution in [0.4, 0.5) is 0 Å². The molecule has 2 N–H and O–H groups in total. The summed E-state index contributed by atoms with van der Waals surface area (Å²) < 4.78 is 0. The number of benzene rings is 1. The Morgan fingerprint density at radius 3 is 2.60 bits per heavy atom. The van der Waals surface area contributed by atoms with Crippen LogP contribution in [0.25, 0.3) is 0 Å². The summed E-state index contributed by atoms with van der Waals surface area (Å²) in [6.45, 7) is 1.86. The normalized spacial score (nSPS) is 22.3. The topological polar surface area (TPSA) is 66.4 Å². The zero-order valence-electron chi connectivity index (χ0n) is 11.4. The van der Waals surface area contributed by atoms with Gasteiger partial charge in [0, 0.05) is 16.6 Å². The van der Waals surface area contributed by atoms with Crippen molar-refractivity contribution in [2.75, 3.05) is 0 Å². The van der Waals surface area contributed by atoms with Crippen molar-refractivity contribution >= 4 is 23.5 Å². The molecule has 1 aliphatic carbocycles. The van der Waals surface area contributed by atoms with Crippen LogP contribution in [0.15, 0.2) is 18.2 Å². The first kappa shape index (κ1) is 14.9. The van der Waals surface area contributed by atoms with Gasteiger partial charge in [-0.15, -0.1) is 0 Å². The summed E-state index contributed by atoms with van der Waals surface area (Å²) >= 11 is 5.94. The summed E-state index contributed by atoms with van der Waals surface area (Å²) in [6.07, 6.45) is 3.18. The fourth-order valence-electron chi connectivity index (χ4n) is 2.72. The maximum atomic E-state index is 12.2. The van der Waals surface area contributed by atoms with Gasteiger partial charge in [-0.05, 0) is 43.5 Å².